The summed E-state index contributed by atoms with van der Waals surface area (Å²) >= 11 is 0. The molecule has 5 heteroatoms. The predicted molar refractivity (Wildman–Crippen MR) is 73.7 cm³/mol. The van der Waals surface area contributed by atoms with E-state index < -0.39 is 0 Å². The van der Waals surface area contributed by atoms with Gasteiger partial charge in [-0.15, -0.1) is 0 Å². The van der Waals surface area contributed by atoms with Crippen LogP contribution in [0.4, 0.5) is 0 Å². The minimum atomic E-state index is -0.117. The van der Waals surface area contributed by atoms with Gasteiger partial charge in [0.2, 0.25) is 5.91 Å². The van der Waals surface area contributed by atoms with Crippen LogP contribution in [0.2, 0.25) is 0 Å². The average Bonchev–Trinajstić information content (AvgIpc) is 2.44. The Labute approximate surface area is 114 Å². The van der Waals surface area contributed by atoms with E-state index in [0.717, 1.165) is 11.1 Å². The number of methoxy groups -OCH3 is 2. The van der Waals surface area contributed by atoms with Gasteiger partial charge in [-0.05, 0) is 11.1 Å². The Morgan fingerprint density at radius 3 is 2.42 bits per heavy atom. The molecule has 0 heterocycles. The number of benzene rings is 1. The van der Waals surface area contributed by atoms with Crippen molar-refractivity contribution in [1.82, 2.24) is 5.32 Å². The number of nitrogens with two attached hydrogens (primary N) is 1. The fourth-order valence-electron chi connectivity index (χ4n) is 1.66. The lowest BCUT2D eigenvalue weighted by atomic mass is 10.1. The smallest absolute Gasteiger partial charge is 0.224 e. The monoisotopic (exact) mass is 266 g/mol. The van der Waals surface area contributed by atoms with Crippen LogP contribution >= 0.6 is 0 Å². The molecule has 0 aliphatic rings. The lowest BCUT2D eigenvalue weighted by molar-refractivity contribution is -0.121. The summed E-state index contributed by atoms with van der Waals surface area (Å²) in [5.41, 5.74) is 7.55. The predicted octanol–water partition coefficient (Wildman–Crippen LogP) is 0.465. The summed E-state index contributed by atoms with van der Waals surface area (Å²) in [6.07, 6.45) is 0.238. The summed E-state index contributed by atoms with van der Waals surface area (Å²) in [6, 6.07) is 7.71. The molecule has 0 radical (unpaired) electrons. The molecular formula is C14H22N2O3. The highest BCUT2D eigenvalue weighted by Crippen LogP contribution is 2.04. The maximum absolute atomic E-state index is 11.8. The van der Waals surface area contributed by atoms with E-state index >= 15 is 0 Å². The third-order valence-electron chi connectivity index (χ3n) is 2.84. The van der Waals surface area contributed by atoms with Crippen molar-refractivity contribution in [2.24, 2.45) is 5.73 Å². The summed E-state index contributed by atoms with van der Waals surface area (Å²) in [6.45, 7) is 1.42. The maximum Gasteiger partial charge on any atom is 0.224 e. The highest BCUT2D eigenvalue weighted by atomic mass is 16.5. The number of carbonyl (C=O) groups is 1. The van der Waals surface area contributed by atoms with Crippen LogP contribution in [-0.2, 0) is 27.2 Å². The zero-order valence-corrected chi connectivity index (χ0v) is 11.5. The molecular weight excluding hydrogens is 244 g/mol. The Bertz CT molecular complexity index is 379. The van der Waals surface area contributed by atoms with Gasteiger partial charge in [0.05, 0.1) is 19.1 Å². The minimum absolute atomic E-state index is 0.0290. The van der Waals surface area contributed by atoms with Crippen LogP contribution in [0.3, 0.4) is 0 Å². The van der Waals surface area contributed by atoms with Crippen molar-refractivity contribution < 1.29 is 14.3 Å². The van der Waals surface area contributed by atoms with E-state index in [1.165, 1.54) is 0 Å². The third kappa shape index (κ3) is 5.83. The summed E-state index contributed by atoms with van der Waals surface area (Å²) in [7, 11) is 3.20. The van der Waals surface area contributed by atoms with Crippen LogP contribution in [0.25, 0.3) is 0 Å². The molecule has 1 unspecified atom stereocenters. The summed E-state index contributed by atoms with van der Waals surface area (Å²) < 4.78 is 10.2. The van der Waals surface area contributed by atoms with Gasteiger partial charge in [0.15, 0.2) is 0 Å². The van der Waals surface area contributed by atoms with Crippen LogP contribution in [0, 0.1) is 0 Å². The second-order valence-electron chi connectivity index (χ2n) is 4.31. The van der Waals surface area contributed by atoms with Gasteiger partial charge in [-0.2, -0.15) is 0 Å². The van der Waals surface area contributed by atoms with Gasteiger partial charge < -0.3 is 20.5 Å². The van der Waals surface area contributed by atoms with Crippen molar-refractivity contribution in [3.05, 3.63) is 35.4 Å². The van der Waals surface area contributed by atoms with Crippen LogP contribution in [0.5, 0.6) is 0 Å². The molecule has 1 amide bonds. The maximum atomic E-state index is 11.8. The van der Waals surface area contributed by atoms with Crippen LogP contribution in [0.15, 0.2) is 24.3 Å². The summed E-state index contributed by atoms with van der Waals surface area (Å²) in [4.78, 5) is 11.8. The number of hydrogen-bond donors (Lipinski definition) is 2. The van der Waals surface area contributed by atoms with E-state index in [-0.39, 0.29) is 12.0 Å². The first kappa shape index (κ1) is 15.6. The van der Waals surface area contributed by atoms with Crippen LogP contribution in [0.1, 0.15) is 11.1 Å². The Kier molecular flexibility index (Phi) is 7.10. The van der Waals surface area contributed by atoms with Crippen LogP contribution < -0.4 is 11.1 Å². The molecule has 0 saturated heterocycles. The second kappa shape index (κ2) is 8.63. The number of amides is 1. The molecule has 3 N–H and O–H groups in total. The molecule has 0 fully saturated rings. The SMILES string of the molecule is COCC(CNC(=O)Cc1ccc(CN)cc1)OC. The lowest BCUT2D eigenvalue weighted by Gasteiger charge is -2.15. The zero-order chi connectivity index (χ0) is 14.1. The zero-order valence-electron chi connectivity index (χ0n) is 11.5. The van der Waals surface area contributed by atoms with E-state index in [1.54, 1.807) is 14.2 Å². The van der Waals surface area contributed by atoms with Crippen molar-refractivity contribution in [3.63, 3.8) is 0 Å². The number of ether oxygens (including phenoxy) is 2. The van der Waals surface area contributed by atoms with Crippen LogP contribution in [-0.4, -0.2) is 39.4 Å². The molecule has 1 aromatic rings. The van der Waals surface area contributed by atoms with E-state index in [9.17, 15) is 4.79 Å². The average molecular weight is 266 g/mol. The van der Waals surface area contributed by atoms with Crippen molar-refractivity contribution in [2.45, 2.75) is 19.1 Å². The first-order chi connectivity index (χ1) is 9.19. The van der Waals surface area contributed by atoms with E-state index in [4.69, 9.17) is 15.2 Å². The normalized spacial score (nSPS) is 12.2. The molecule has 1 atom stereocenters. The van der Waals surface area contributed by atoms with Gasteiger partial charge in [0, 0.05) is 27.3 Å². The van der Waals surface area contributed by atoms with E-state index in [1.807, 2.05) is 24.3 Å². The molecule has 0 spiro atoms. The van der Waals surface area contributed by atoms with Gasteiger partial charge in [0.25, 0.3) is 0 Å². The minimum Gasteiger partial charge on any atom is -0.382 e. The fourth-order valence-corrected chi connectivity index (χ4v) is 1.66. The van der Waals surface area contributed by atoms with Gasteiger partial charge in [0.1, 0.15) is 0 Å². The molecule has 1 rings (SSSR count). The highest BCUT2D eigenvalue weighted by molar-refractivity contribution is 5.78. The Hall–Kier alpha value is -1.43. The highest BCUT2D eigenvalue weighted by Gasteiger charge is 2.09. The molecule has 0 saturated carbocycles. The summed E-state index contributed by atoms with van der Waals surface area (Å²) in [5.74, 6) is -0.0290. The molecule has 1 aromatic carbocycles. The number of carbonyl (C=O) groups excluding carboxylic acids is 1. The molecule has 0 aliphatic carbocycles. The Morgan fingerprint density at radius 2 is 1.89 bits per heavy atom. The van der Waals surface area contributed by atoms with Crippen molar-refractivity contribution in [3.8, 4) is 0 Å². The van der Waals surface area contributed by atoms with Crippen molar-refractivity contribution in [1.29, 1.82) is 0 Å². The van der Waals surface area contributed by atoms with Gasteiger partial charge in [-0.25, -0.2) is 0 Å². The molecule has 106 valence electrons. The molecule has 5 nitrogen and oxygen atoms in total. The second-order valence-corrected chi connectivity index (χ2v) is 4.31. The van der Waals surface area contributed by atoms with Gasteiger partial charge in [-0.1, -0.05) is 24.3 Å². The van der Waals surface area contributed by atoms with E-state index in [2.05, 4.69) is 5.32 Å². The summed E-state index contributed by atoms with van der Waals surface area (Å²) in [5, 5.41) is 2.83. The number of hydrogen-bond acceptors (Lipinski definition) is 4. The Balaban J connectivity index is 2.37. The standard InChI is InChI=1S/C14H22N2O3/c1-18-10-13(19-2)9-16-14(17)7-11-3-5-12(8-15)6-4-11/h3-6,13H,7-10,15H2,1-2H3,(H,16,17). The number of rotatable bonds is 8. The molecule has 0 aromatic heterocycles. The van der Waals surface area contributed by atoms with Gasteiger partial charge in [-0.3, -0.25) is 4.79 Å². The first-order valence-electron chi connectivity index (χ1n) is 6.26. The first-order valence-corrected chi connectivity index (χ1v) is 6.26. The topological polar surface area (TPSA) is 73.6 Å². The number of nitrogens with one attached hydrogen (secondary N) is 1. The van der Waals surface area contributed by atoms with E-state index in [0.29, 0.717) is 26.1 Å². The van der Waals surface area contributed by atoms with Gasteiger partial charge >= 0.3 is 0 Å². The molecule has 0 aliphatic heterocycles. The largest absolute Gasteiger partial charge is 0.382 e. The third-order valence-corrected chi connectivity index (χ3v) is 2.84. The quantitative estimate of drug-likeness (QED) is 0.717. The lowest BCUT2D eigenvalue weighted by Crippen LogP contribution is -2.36. The Morgan fingerprint density at radius 1 is 1.26 bits per heavy atom. The van der Waals surface area contributed by atoms with Crippen molar-refractivity contribution >= 4 is 5.91 Å². The van der Waals surface area contributed by atoms with Crippen molar-refractivity contribution in [2.75, 3.05) is 27.4 Å². The fraction of sp³-hybridized carbons (Fsp3) is 0.500. The molecule has 0 bridgehead atoms. The molecule has 19 heavy (non-hydrogen) atoms.